The SMILES string of the molecule is O=C(CCc1nc(-c2ccccc2)no1)Oc1ccc(NC(=O)c2cccs2)cc1. The minimum absolute atomic E-state index is 0.104. The topological polar surface area (TPSA) is 94.3 Å². The first kappa shape index (κ1) is 19.5. The van der Waals surface area contributed by atoms with E-state index in [0.29, 0.717) is 28.0 Å². The van der Waals surface area contributed by atoms with Gasteiger partial charge in [-0.2, -0.15) is 4.98 Å². The fraction of sp³-hybridized carbons (Fsp3) is 0.0909. The zero-order chi connectivity index (χ0) is 20.8. The molecule has 1 amide bonds. The Morgan fingerprint density at radius 2 is 1.80 bits per heavy atom. The van der Waals surface area contributed by atoms with Crippen LogP contribution >= 0.6 is 11.3 Å². The molecule has 1 N–H and O–H groups in total. The molecule has 0 aliphatic rings. The number of carbonyl (C=O) groups excluding carboxylic acids is 2. The fourth-order valence-corrected chi connectivity index (χ4v) is 3.28. The van der Waals surface area contributed by atoms with Crippen LogP contribution in [0.25, 0.3) is 11.4 Å². The van der Waals surface area contributed by atoms with Crippen LogP contribution in [0.1, 0.15) is 22.0 Å². The summed E-state index contributed by atoms with van der Waals surface area (Å²) in [5, 5.41) is 8.56. The Morgan fingerprint density at radius 1 is 1.00 bits per heavy atom. The third-order valence-electron chi connectivity index (χ3n) is 4.13. The van der Waals surface area contributed by atoms with Crippen molar-refractivity contribution in [2.45, 2.75) is 12.8 Å². The predicted molar refractivity (Wildman–Crippen MR) is 112 cm³/mol. The van der Waals surface area contributed by atoms with Gasteiger partial charge in [-0.05, 0) is 35.7 Å². The van der Waals surface area contributed by atoms with Crippen LogP contribution in [-0.4, -0.2) is 22.0 Å². The minimum Gasteiger partial charge on any atom is -0.427 e. The molecular weight excluding hydrogens is 402 g/mol. The van der Waals surface area contributed by atoms with Gasteiger partial charge < -0.3 is 14.6 Å². The summed E-state index contributed by atoms with van der Waals surface area (Å²) in [6.45, 7) is 0. The van der Waals surface area contributed by atoms with Gasteiger partial charge in [0.1, 0.15) is 5.75 Å². The van der Waals surface area contributed by atoms with E-state index in [9.17, 15) is 9.59 Å². The number of hydrogen-bond acceptors (Lipinski definition) is 7. The van der Waals surface area contributed by atoms with E-state index in [0.717, 1.165) is 5.56 Å². The highest BCUT2D eigenvalue weighted by Gasteiger charge is 2.12. The van der Waals surface area contributed by atoms with Gasteiger partial charge in [-0.25, -0.2) is 0 Å². The molecule has 0 saturated heterocycles. The second kappa shape index (κ2) is 9.15. The lowest BCUT2D eigenvalue weighted by Crippen LogP contribution is -2.11. The van der Waals surface area contributed by atoms with Crippen molar-refractivity contribution in [1.29, 1.82) is 0 Å². The highest BCUT2D eigenvalue weighted by atomic mass is 32.1. The van der Waals surface area contributed by atoms with Crippen molar-refractivity contribution < 1.29 is 18.8 Å². The van der Waals surface area contributed by atoms with E-state index in [4.69, 9.17) is 9.26 Å². The maximum Gasteiger partial charge on any atom is 0.311 e. The number of nitrogens with one attached hydrogen (secondary N) is 1. The second-order valence-electron chi connectivity index (χ2n) is 6.31. The molecule has 4 rings (SSSR count). The molecule has 8 heteroatoms. The van der Waals surface area contributed by atoms with E-state index < -0.39 is 5.97 Å². The third-order valence-corrected chi connectivity index (χ3v) is 5.00. The number of aryl methyl sites for hydroxylation is 1. The Balaban J connectivity index is 1.27. The number of aromatic nitrogens is 2. The van der Waals surface area contributed by atoms with Crippen LogP contribution in [0.15, 0.2) is 76.6 Å². The van der Waals surface area contributed by atoms with Crippen molar-refractivity contribution in [1.82, 2.24) is 10.1 Å². The van der Waals surface area contributed by atoms with Gasteiger partial charge in [0.05, 0.1) is 11.3 Å². The Hall–Kier alpha value is -3.78. The lowest BCUT2D eigenvalue weighted by molar-refractivity contribution is -0.134. The van der Waals surface area contributed by atoms with Crippen LogP contribution < -0.4 is 10.1 Å². The Kier molecular flexibility index (Phi) is 5.95. The lowest BCUT2D eigenvalue weighted by Gasteiger charge is -2.06. The molecule has 2 aromatic heterocycles. The van der Waals surface area contributed by atoms with Gasteiger partial charge in [0.15, 0.2) is 0 Å². The van der Waals surface area contributed by atoms with E-state index in [-0.39, 0.29) is 18.7 Å². The monoisotopic (exact) mass is 419 g/mol. The van der Waals surface area contributed by atoms with Gasteiger partial charge in [0.25, 0.3) is 5.91 Å². The van der Waals surface area contributed by atoms with Crippen LogP contribution in [-0.2, 0) is 11.2 Å². The average molecular weight is 419 g/mol. The first-order valence-corrected chi connectivity index (χ1v) is 10.1. The second-order valence-corrected chi connectivity index (χ2v) is 7.26. The molecule has 0 unspecified atom stereocenters. The largest absolute Gasteiger partial charge is 0.427 e. The number of hydrogen-bond donors (Lipinski definition) is 1. The summed E-state index contributed by atoms with van der Waals surface area (Å²) in [5.41, 5.74) is 1.47. The van der Waals surface area contributed by atoms with Gasteiger partial charge >= 0.3 is 5.97 Å². The average Bonchev–Trinajstić information content (AvgIpc) is 3.47. The number of amides is 1. The van der Waals surface area contributed by atoms with Gasteiger partial charge in [-0.15, -0.1) is 11.3 Å². The summed E-state index contributed by atoms with van der Waals surface area (Å²) in [7, 11) is 0. The lowest BCUT2D eigenvalue weighted by atomic mass is 10.2. The van der Waals surface area contributed by atoms with Crippen molar-refractivity contribution >= 4 is 28.9 Å². The van der Waals surface area contributed by atoms with Crippen molar-refractivity contribution in [2.24, 2.45) is 0 Å². The van der Waals surface area contributed by atoms with Gasteiger partial charge in [0, 0.05) is 17.7 Å². The van der Waals surface area contributed by atoms with Crippen LogP contribution in [0.4, 0.5) is 5.69 Å². The number of thiophene rings is 1. The summed E-state index contributed by atoms with van der Waals surface area (Å²) >= 11 is 1.37. The summed E-state index contributed by atoms with van der Waals surface area (Å²) < 4.78 is 10.5. The molecule has 0 bridgehead atoms. The van der Waals surface area contributed by atoms with Crippen LogP contribution in [0.2, 0.25) is 0 Å². The molecule has 0 atom stereocenters. The standard InChI is InChI=1S/C22H17N3O4S/c26-20(13-12-19-24-21(25-29-19)15-5-2-1-3-6-15)28-17-10-8-16(9-11-17)23-22(27)18-7-4-14-30-18/h1-11,14H,12-13H2,(H,23,27). The van der Waals surface area contributed by atoms with Crippen LogP contribution in [0, 0.1) is 0 Å². The number of rotatable bonds is 7. The number of nitrogens with zero attached hydrogens (tertiary/aromatic N) is 2. The van der Waals surface area contributed by atoms with E-state index >= 15 is 0 Å². The molecular formula is C22H17N3O4S. The van der Waals surface area contributed by atoms with E-state index in [2.05, 4.69) is 15.5 Å². The zero-order valence-corrected chi connectivity index (χ0v) is 16.6. The van der Waals surface area contributed by atoms with Crippen molar-refractivity contribution in [3.05, 3.63) is 82.9 Å². The van der Waals surface area contributed by atoms with Crippen LogP contribution in [0.3, 0.4) is 0 Å². The highest BCUT2D eigenvalue weighted by molar-refractivity contribution is 7.12. The number of anilines is 1. The van der Waals surface area contributed by atoms with Crippen molar-refractivity contribution in [3.8, 4) is 17.1 Å². The summed E-state index contributed by atoms with van der Waals surface area (Å²) in [6, 6.07) is 19.6. The molecule has 0 radical (unpaired) electrons. The summed E-state index contributed by atoms with van der Waals surface area (Å²) in [5.74, 6) is 0.662. The maximum atomic E-state index is 12.1. The van der Waals surface area contributed by atoms with Crippen molar-refractivity contribution in [2.75, 3.05) is 5.32 Å². The third kappa shape index (κ3) is 4.98. The molecule has 7 nitrogen and oxygen atoms in total. The van der Waals surface area contributed by atoms with E-state index in [1.807, 2.05) is 41.8 Å². The summed E-state index contributed by atoms with van der Waals surface area (Å²) in [4.78, 5) is 29.1. The molecule has 4 aromatic rings. The maximum absolute atomic E-state index is 12.1. The van der Waals surface area contributed by atoms with E-state index in [1.165, 1.54) is 11.3 Å². The predicted octanol–water partition coefficient (Wildman–Crippen LogP) is 4.59. The molecule has 2 heterocycles. The zero-order valence-electron chi connectivity index (χ0n) is 15.8. The number of ether oxygens (including phenoxy) is 1. The molecule has 0 aliphatic carbocycles. The van der Waals surface area contributed by atoms with Gasteiger partial charge in [-0.1, -0.05) is 41.6 Å². The quantitative estimate of drug-likeness (QED) is 0.348. The molecule has 150 valence electrons. The Morgan fingerprint density at radius 3 is 2.53 bits per heavy atom. The van der Waals surface area contributed by atoms with E-state index in [1.54, 1.807) is 30.3 Å². The summed E-state index contributed by atoms with van der Waals surface area (Å²) in [6.07, 6.45) is 0.390. The Bertz CT molecular complexity index is 1120. The molecule has 30 heavy (non-hydrogen) atoms. The van der Waals surface area contributed by atoms with Crippen molar-refractivity contribution in [3.63, 3.8) is 0 Å². The first-order valence-electron chi connectivity index (χ1n) is 9.21. The Labute approximate surface area is 176 Å². The highest BCUT2D eigenvalue weighted by Crippen LogP contribution is 2.19. The first-order chi connectivity index (χ1) is 14.7. The molecule has 0 saturated carbocycles. The smallest absolute Gasteiger partial charge is 0.311 e. The number of benzene rings is 2. The molecule has 0 spiro atoms. The normalized spacial score (nSPS) is 10.5. The molecule has 0 aliphatic heterocycles. The molecule has 2 aromatic carbocycles. The number of esters is 1. The van der Waals surface area contributed by atoms with Crippen LogP contribution in [0.5, 0.6) is 5.75 Å². The molecule has 0 fully saturated rings. The minimum atomic E-state index is -0.412. The van der Waals surface area contributed by atoms with Gasteiger partial charge in [-0.3, -0.25) is 9.59 Å². The van der Waals surface area contributed by atoms with Gasteiger partial charge in [0.2, 0.25) is 11.7 Å². The fourth-order valence-electron chi connectivity index (χ4n) is 2.66. The number of carbonyl (C=O) groups is 2.